The molecule has 0 aromatic heterocycles. The second-order valence-corrected chi connectivity index (χ2v) is 5.91. The van der Waals surface area contributed by atoms with Gasteiger partial charge in [0, 0.05) is 53.6 Å². The molecular weight excluding hydrogens is 445 g/mol. The molecule has 1 rings (SSSR count). The lowest BCUT2D eigenvalue weighted by Crippen LogP contribution is -2.41. The van der Waals surface area contributed by atoms with Crippen LogP contribution < -0.4 is 15.5 Å². The quantitative estimate of drug-likeness (QED) is 0.231. The van der Waals surface area contributed by atoms with Crippen molar-refractivity contribution < 1.29 is 9.53 Å². The van der Waals surface area contributed by atoms with Crippen LogP contribution in [0.25, 0.3) is 0 Å². The van der Waals surface area contributed by atoms with E-state index in [2.05, 4.69) is 39.7 Å². The third-order valence-electron chi connectivity index (χ3n) is 3.63. The molecular formula is C18H32IN5O2. The Hall–Kier alpha value is -1.55. The number of guanidine groups is 1. The summed E-state index contributed by atoms with van der Waals surface area (Å²) in [6.07, 6.45) is 0.956. The zero-order valence-electron chi connectivity index (χ0n) is 16.2. The van der Waals surface area contributed by atoms with Crippen molar-refractivity contribution in [1.82, 2.24) is 15.5 Å². The van der Waals surface area contributed by atoms with Crippen LogP contribution in [0.1, 0.15) is 6.42 Å². The first-order valence-electron chi connectivity index (χ1n) is 8.52. The molecule has 0 saturated heterocycles. The summed E-state index contributed by atoms with van der Waals surface area (Å²) in [5.41, 5.74) is 1.20. The molecule has 1 aromatic rings. The van der Waals surface area contributed by atoms with E-state index < -0.39 is 0 Å². The van der Waals surface area contributed by atoms with Crippen molar-refractivity contribution in [3.8, 4) is 0 Å². The van der Waals surface area contributed by atoms with E-state index in [-0.39, 0.29) is 36.4 Å². The SMILES string of the molecule is COCCNC(=NCC(=O)N(C)C)NCCCN(C)c1ccccc1.I. The standard InChI is InChI=1S/C18H31N5O2.HI/c1-22(2)17(24)15-21-18(20-12-14-25-4)19-11-8-13-23(3)16-9-6-5-7-10-16;/h5-7,9-10H,8,11-15H2,1-4H3,(H2,19,20,21);1H. The number of likely N-dealkylation sites (N-methyl/N-ethyl adjacent to an activating group) is 1. The van der Waals surface area contributed by atoms with E-state index >= 15 is 0 Å². The van der Waals surface area contributed by atoms with Gasteiger partial charge in [0.1, 0.15) is 6.54 Å². The van der Waals surface area contributed by atoms with E-state index in [0.29, 0.717) is 19.1 Å². The Morgan fingerprint density at radius 2 is 1.77 bits per heavy atom. The molecule has 0 heterocycles. The van der Waals surface area contributed by atoms with Gasteiger partial charge in [0.25, 0.3) is 0 Å². The topological polar surface area (TPSA) is 69.2 Å². The highest BCUT2D eigenvalue weighted by Crippen LogP contribution is 2.10. The van der Waals surface area contributed by atoms with E-state index in [1.807, 2.05) is 18.2 Å². The highest BCUT2D eigenvalue weighted by atomic mass is 127. The van der Waals surface area contributed by atoms with Crippen LogP contribution in [0.2, 0.25) is 0 Å². The number of ether oxygens (including phenoxy) is 1. The highest BCUT2D eigenvalue weighted by molar-refractivity contribution is 14.0. The number of nitrogens with zero attached hydrogens (tertiary/aromatic N) is 3. The van der Waals surface area contributed by atoms with Gasteiger partial charge in [-0.1, -0.05) is 18.2 Å². The molecule has 8 heteroatoms. The first-order chi connectivity index (χ1) is 12.0. The van der Waals surface area contributed by atoms with Gasteiger partial charge in [-0.3, -0.25) is 4.79 Å². The molecule has 2 N–H and O–H groups in total. The van der Waals surface area contributed by atoms with Crippen LogP contribution in [0.4, 0.5) is 5.69 Å². The number of amides is 1. The third-order valence-corrected chi connectivity index (χ3v) is 3.63. The summed E-state index contributed by atoms with van der Waals surface area (Å²) >= 11 is 0. The van der Waals surface area contributed by atoms with Gasteiger partial charge >= 0.3 is 0 Å². The number of carbonyl (C=O) groups excluding carboxylic acids is 1. The summed E-state index contributed by atoms with van der Waals surface area (Å²) in [7, 11) is 7.18. The highest BCUT2D eigenvalue weighted by Gasteiger charge is 2.05. The van der Waals surface area contributed by atoms with Crippen molar-refractivity contribution in [2.75, 3.05) is 65.9 Å². The number of rotatable bonds is 10. The van der Waals surface area contributed by atoms with Gasteiger partial charge < -0.3 is 25.2 Å². The van der Waals surface area contributed by atoms with Crippen LogP contribution in [-0.2, 0) is 9.53 Å². The van der Waals surface area contributed by atoms with Crippen LogP contribution in [0.5, 0.6) is 0 Å². The number of methoxy groups -OCH3 is 1. The van der Waals surface area contributed by atoms with Crippen LogP contribution >= 0.6 is 24.0 Å². The Balaban J connectivity index is 0.00000625. The Morgan fingerprint density at radius 1 is 1.12 bits per heavy atom. The first kappa shape index (κ1) is 24.5. The molecule has 0 aliphatic carbocycles. The van der Waals surface area contributed by atoms with Gasteiger partial charge in [0.2, 0.25) is 5.91 Å². The predicted molar refractivity (Wildman–Crippen MR) is 119 cm³/mol. The number of para-hydroxylation sites is 1. The zero-order chi connectivity index (χ0) is 18.5. The second kappa shape index (κ2) is 14.6. The monoisotopic (exact) mass is 477 g/mol. The average molecular weight is 477 g/mol. The van der Waals surface area contributed by atoms with Crippen LogP contribution in [-0.4, -0.2) is 77.8 Å². The Labute approximate surface area is 174 Å². The number of anilines is 1. The largest absolute Gasteiger partial charge is 0.383 e. The average Bonchev–Trinajstić information content (AvgIpc) is 2.62. The smallest absolute Gasteiger partial charge is 0.243 e. The third kappa shape index (κ3) is 10.4. The fraction of sp³-hybridized carbons (Fsp3) is 0.556. The maximum atomic E-state index is 11.7. The van der Waals surface area contributed by atoms with E-state index in [0.717, 1.165) is 19.5 Å². The van der Waals surface area contributed by atoms with E-state index in [1.54, 1.807) is 21.2 Å². The van der Waals surface area contributed by atoms with Gasteiger partial charge in [-0.2, -0.15) is 0 Å². The maximum Gasteiger partial charge on any atom is 0.243 e. The zero-order valence-corrected chi connectivity index (χ0v) is 18.5. The van der Waals surface area contributed by atoms with Gasteiger partial charge in [-0.15, -0.1) is 24.0 Å². The fourth-order valence-electron chi connectivity index (χ4n) is 2.07. The molecule has 0 spiro atoms. The number of aliphatic imine (C=N–C) groups is 1. The predicted octanol–water partition coefficient (Wildman–Crippen LogP) is 1.40. The summed E-state index contributed by atoms with van der Waals surface area (Å²) in [4.78, 5) is 19.8. The lowest BCUT2D eigenvalue weighted by atomic mass is 10.3. The number of hydrogen-bond acceptors (Lipinski definition) is 4. The van der Waals surface area contributed by atoms with Gasteiger partial charge in [0.05, 0.1) is 6.61 Å². The minimum atomic E-state index is -0.0309. The molecule has 1 aromatic carbocycles. The van der Waals surface area contributed by atoms with Crippen molar-refractivity contribution in [1.29, 1.82) is 0 Å². The van der Waals surface area contributed by atoms with Gasteiger partial charge in [0.15, 0.2) is 5.96 Å². The summed E-state index contributed by atoms with van der Waals surface area (Å²) in [6.45, 7) is 3.05. The van der Waals surface area contributed by atoms with Crippen molar-refractivity contribution in [2.45, 2.75) is 6.42 Å². The summed E-state index contributed by atoms with van der Waals surface area (Å²) in [6, 6.07) is 10.3. The van der Waals surface area contributed by atoms with Gasteiger partial charge in [-0.05, 0) is 18.6 Å². The number of hydrogen-bond donors (Lipinski definition) is 2. The van der Waals surface area contributed by atoms with Crippen molar-refractivity contribution in [3.63, 3.8) is 0 Å². The Kier molecular flexibility index (Phi) is 13.7. The molecule has 7 nitrogen and oxygen atoms in total. The molecule has 148 valence electrons. The first-order valence-corrected chi connectivity index (χ1v) is 8.52. The van der Waals surface area contributed by atoms with Crippen LogP contribution in [0, 0.1) is 0 Å². The molecule has 0 bridgehead atoms. The van der Waals surface area contributed by atoms with E-state index in [4.69, 9.17) is 4.74 Å². The summed E-state index contributed by atoms with van der Waals surface area (Å²) in [5, 5.41) is 6.43. The molecule has 0 atom stereocenters. The number of carbonyl (C=O) groups is 1. The van der Waals surface area contributed by atoms with E-state index in [1.165, 1.54) is 10.6 Å². The summed E-state index contributed by atoms with van der Waals surface area (Å²) < 4.78 is 5.04. The molecule has 0 radical (unpaired) electrons. The Bertz CT molecular complexity index is 526. The van der Waals surface area contributed by atoms with Gasteiger partial charge in [-0.25, -0.2) is 4.99 Å². The molecule has 0 unspecified atom stereocenters. The summed E-state index contributed by atoms with van der Waals surface area (Å²) in [5.74, 6) is 0.603. The second-order valence-electron chi connectivity index (χ2n) is 5.91. The van der Waals surface area contributed by atoms with Crippen molar-refractivity contribution in [3.05, 3.63) is 30.3 Å². The maximum absolute atomic E-state index is 11.7. The lowest BCUT2D eigenvalue weighted by molar-refractivity contribution is -0.127. The fourth-order valence-corrected chi connectivity index (χ4v) is 2.07. The molecule has 0 aliphatic heterocycles. The minimum absolute atomic E-state index is 0. The van der Waals surface area contributed by atoms with E-state index in [9.17, 15) is 4.79 Å². The van der Waals surface area contributed by atoms with Crippen molar-refractivity contribution in [2.24, 2.45) is 4.99 Å². The molecule has 1 amide bonds. The molecule has 26 heavy (non-hydrogen) atoms. The van der Waals surface area contributed by atoms with Crippen LogP contribution in [0.15, 0.2) is 35.3 Å². The molecule has 0 fully saturated rings. The minimum Gasteiger partial charge on any atom is -0.383 e. The lowest BCUT2D eigenvalue weighted by Gasteiger charge is -2.20. The number of benzene rings is 1. The Morgan fingerprint density at radius 3 is 2.38 bits per heavy atom. The number of nitrogens with one attached hydrogen (secondary N) is 2. The van der Waals surface area contributed by atoms with Crippen molar-refractivity contribution >= 4 is 41.5 Å². The molecule has 0 saturated carbocycles. The molecule has 0 aliphatic rings. The normalized spacial score (nSPS) is 10.7. The van der Waals surface area contributed by atoms with Crippen LogP contribution in [0.3, 0.4) is 0 Å². The number of halogens is 1.